The molecule has 2 unspecified atom stereocenters. The summed E-state index contributed by atoms with van der Waals surface area (Å²) in [5.41, 5.74) is 1.55. The van der Waals surface area contributed by atoms with Crippen LogP contribution in [-0.4, -0.2) is 51.6 Å². The number of amides is 1. The number of hydrogen-bond acceptors (Lipinski definition) is 5. The second-order valence-corrected chi connectivity index (χ2v) is 7.47. The summed E-state index contributed by atoms with van der Waals surface area (Å²) in [5.74, 6) is 0.591. The Labute approximate surface area is 153 Å². The first-order valence-corrected chi connectivity index (χ1v) is 9.33. The Morgan fingerprint density at radius 1 is 1.31 bits per heavy atom. The third-order valence-electron chi connectivity index (χ3n) is 5.21. The lowest BCUT2D eigenvalue weighted by Gasteiger charge is -2.19. The molecule has 1 fully saturated rings. The topological polar surface area (TPSA) is 75.1 Å². The molecule has 2 aromatic rings. The van der Waals surface area contributed by atoms with Gasteiger partial charge in [-0.05, 0) is 25.8 Å². The van der Waals surface area contributed by atoms with Crippen LogP contribution in [0.4, 0.5) is 5.95 Å². The van der Waals surface area contributed by atoms with Crippen LogP contribution < -0.4 is 10.6 Å². The highest BCUT2D eigenvalue weighted by atomic mass is 16.2. The van der Waals surface area contributed by atoms with Crippen LogP contribution in [0.15, 0.2) is 24.4 Å². The molecule has 1 aliphatic carbocycles. The third kappa shape index (κ3) is 3.07. The van der Waals surface area contributed by atoms with E-state index < -0.39 is 0 Å². The van der Waals surface area contributed by atoms with E-state index in [1.807, 2.05) is 12.3 Å². The lowest BCUT2D eigenvalue weighted by atomic mass is 10.2. The second-order valence-electron chi connectivity index (χ2n) is 7.47. The predicted octanol–water partition coefficient (Wildman–Crippen LogP) is 2.53. The van der Waals surface area contributed by atoms with Crippen LogP contribution in [0.1, 0.15) is 49.1 Å². The molecule has 1 amide bonds. The van der Waals surface area contributed by atoms with E-state index in [0.717, 1.165) is 23.9 Å². The van der Waals surface area contributed by atoms with Crippen molar-refractivity contribution in [3.63, 3.8) is 0 Å². The first-order valence-electron chi connectivity index (χ1n) is 9.33. The molecule has 2 N–H and O–H groups in total. The molecule has 0 spiro atoms. The first kappa shape index (κ1) is 17.0. The Hall–Kier alpha value is -2.41. The molecule has 2 aromatic heterocycles. The first-order chi connectivity index (χ1) is 12.5. The quantitative estimate of drug-likeness (QED) is 0.826. The van der Waals surface area contributed by atoms with E-state index in [1.165, 1.54) is 12.8 Å². The van der Waals surface area contributed by atoms with Gasteiger partial charge in [0.15, 0.2) is 0 Å². The molecular formula is C19H26N6O. The van der Waals surface area contributed by atoms with E-state index >= 15 is 0 Å². The second kappa shape index (κ2) is 6.72. The highest BCUT2D eigenvalue weighted by Gasteiger charge is 2.26. The molecule has 0 bridgehead atoms. The van der Waals surface area contributed by atoms with Crippen LogP contribution in [0.3, 0.4) is 0 Å². The smallest absolute Gasteiger partial charge is 0.270 e. The fraction of sp³-hybridized carbons (Fsp3) is 0.526. The van der Waals surface area contributed by atoms with Crippen molar-refractivity contribution < 1.29 is 4.79 Å². The minimum atomic E-state index is 0.0126. The maximum Gasteiger partial charge on any atom is 0.270 e. The summed E-state index contributed by atoms with van der Waals surface area (Å²) in [4.78, 5) is 23.6. The van der Waals surface area contributed by atoms with Gasteiger partial charge in [0.25, 0.3) is 5.91 Å². The van der Waals surface area contributed by atoms with Crippen LogP contribution >= 0.6 is 0 Å². The monoisotopic (exact) mass is 354 g/mol. The normalized spacial score (nSPS) is 23.0. The van der Waals surface area contributed by atoms with Crippen LogP contribution in [0.5, 0.6) is 0 Å². The van der Waals surface area contributed by atoms with E-state index in [9.17, 15) is 4.79 Å². The summed E-state index contributed by atoms with van der Waals surface area (Å²) in [6.45, 7) is 2.10. The molecular weight excluding hydrogens is 328 g/mol. The van der Waals surface area contributed by atoms with E-state index in [4.69, 9.17) is 4.98 Å². The number of nitrogens with zero attached hydrogens (tertiary/aromatic N) is 4. The molecule has 2 atom stereocenters. The molecule has 0 aromatic carbocycles. The zero-order chi connectivity index (χ0) is 18.3. The van der Waals surface area contributed by atoms with Gasteiger partial charge in [0, 0.05) is 37.8 Å². The largest absolute Gasteiger partial charge is 0.343 e. The summed E-state index contributed by atoms with van der Waals surface area (Å²) in [6, 6.07) is 2.59. The van der Waals surface area contributed by atoms with Crippen molar-refractivity contribution in [2.75, 3.05) is 19.4 Å². The number of anilines is 1. The number of fused-ring (bicyclic) bond motifs is 1. The van der Waals surface area contributed by atoms with Crippen molar-refractivity contribution in [3.05, 3.63) is 30.1 Å². The minimum absolute atomic E-state index is 0.0126. The Bertz CT molecular complexity index is 849. The van der Waals surface area contributed by atoms with Crippen LogP contribution in [0.2, 0.25) is 0 Å². The van der Waals surface area contributed by atoms with Crippen LogP contribution in [-0.2, 0) is 0 Å². The molecule has 138 valence electrons. The number of hydrogen-bond donors (Lipinski definition) is 2. The molecule has 0 saturated heterocycles. The minimum Gasteiger partial charge on any atom is -0.343 e. The summed E-state index contributed by atoms with van der Waals surface area (Å²) in [6.07, 6.45) is 10.6. The van der Waals surface area contributed by atoms with Gasteiger partial charge in [-0.2, -0.15) is 4.98 Å². The number of carbonyl (C=O) groups excluding carboxylic acids is 1. The summed E-state index contributed by atoms with van der Waals surface area (Å²) < 4.78 is 2.14. The third-order valence-corrected chi connectivity index (χ3v) is 5.21. The Morgan fingerprint density at radius 3 is 2.73 bits per heavy atom. The highest BCUT2D eigenvalue weighted by Crippen LogP contribution is 2.34. The predicted molar refractivity (Wildman–Crippen MR) is 102 cm³/mol. The number of carbonyl (C=O) groups is 1. The van der Waals surface area contributed by atoms with E-state index in [2.05, 4.69) is 39.3 Å². The van der Waals surface area contributed by atoms with Crippen molar-refractivity contribution in [1.82, 2.24) is 24.8 Å². The van der Waals surface area contributed by atoms with E-state index in [1.54, 1.807) is 19.0 Å². The van der Waals surface area contributed by atoms with Gasteiger partial charge in [0.2, 0.25) is 5.95 Å². The lowest BCUT2D eigenvalue weighted by Crippen LogP contribution is -2.35. The average Bonchev–Trinajstić information content (AvgIpc) is 3.33. The SMILES string of the molecule is CC1C=CC(Nc2ncc3cc(C(=O)N(C)C)n(C4CCCC4)c3n2)N1. The van der Waals surface area contributed by atoms with Gasteiger partial charge >= 0.3 is 0 Å². The molecule has 0 radical (unpaired) electrons. The summed E-state index contributed by atoms with van der Waals surface area (Å²) in [5, 5.41) is 7.62. The molecule has 4 rings (SSSR count). The van der Waals surface area contributed by atoms with Crippen molar-refractivity contribution in [1.29, 1.82) is 0 Å². The molecule has 7 nitrogen and oxygen atoms in total. The molecule has 7 heteroatoms. The summed E-state index contributed by atoms with van der Waals surface area (Å²) in [7, 11) is 3.58. The van der Waals surface area contributed by atoms with Gasteiger partial charge in [-0.1, -0.05) is 25.0 Å². The van der Waals surface area contributed by atoms with Gasteiger partial charge in [-0.15, -0.1) is 0 Å². The fourth-order valence-electron chi connectivity index (χ4n) is 3.90. The maximum atomic E-state index is 12.7. The molecule has 2 aliphatic rings. The van der Waals surface area contributed by atoms with Gasteiger partial charge < -0.3 is 14.8 Å². The number of nitrogens with one attached hydrogen (secondary N) is 2. The standard InChI is InChI=1S/C19H26N6O/c1-12-8-9-16(21-12)22-19-20-11-13-10-15(18(26)24(2)3)25(17(13)23-19)14-6-4-5-7-14/h8-12,14,16,21H,4-7H2,1-3H3,(H,20,22,23). The Kier molecular flexibility index (Phi) is 4.40. The zero-order valence-electron chi connectivity index (χ0n) is 15.6. The van der Waals surface area contributed by atoms with Gasteiger partial charge in [-0.3, -0.25) is 10.1 Å². The fourth-order valence-corrected chi connectivity index (χ4v) is 3.90. The van der Waals surface area contributed by atoms with Crippen LogP contribution in [0, 0.1) is 0 Å². The number of aromatic nitrogens is 3. The number of rotatable bonds is 4. The van der Waals surface area contributed by atoms with Crippen molar-refractivity contribution >= 4 is 22.9 Å². The van der Waals surface area contributed by atoms with E-state index in [-0.39, 0.29) is 12.1 Å². The Balaban J connectivity index is 1.74. The summed E-state index contributed by atoms with van der Waals surface area (Å²) >= 11 is 0. The maximum absolute atomic E-state index is 12.7. The zero-order valence-corrected chi connectivity index (χ0v) is 15.6. The van der Waals surface area contributed by atoms with Crippen LogP contribution in [0.25, 0.3) is 11.0 Å². The van der Waals surface area contributed by atoms with Gasteiger partial charge in [-0.25, -0.2) is 4.98 Å². The average molecular weight is 354 g/mol. The molecule has 1 saturated carbocycles. The van der Waals surface area contributed by atoms with Gasteiger partial charge in [0.1, 0.15) is 11.3 Å². The molecule has 26 heavy (non-hydrogen) atoms. The van der Waals surface area contributed by atoms with Gasteiger partial charge in [0.05, 0.1) is 6.17 Å². The molecule has 1 aliphatic heterocycles. The Morgan fingerprint density at radius 2 is 2.08 bits per heavy atom. The lowest BCUT2D eigenvalue weighted by molar-refractivity contribution is 0.0815. The van der Waals surface area contributed by atoms with E-state index in [0.29, 0.717) is 23.7 Å². The van der Waals surface area contributed by atoms with Crippen molar-refractivity contribution in [2.45, 2.75) is 50.9 Å². The molecule has 3 heterocycles. The van der Waals surface area contributed by atoms with Crippen molar-refractivity contribution in [2.24, 2.45) is 0 Å². The van der Waals surface area contributed by atoms with Crippen molar-refractivity contribution in [3.8, 4) is 0 Å². The highest BCUT2D eigenvalue weighted by molar-refractivity contribution is 5.97.